The topological polar surface area (TPSA) is 84.6 Å². The number of rotatable bonds is 5. The fourth-order valence-electron chi connectivity index (χ4n) is 2.57. The van der Waals surface area contributed by atoms with E-state index in [0.717, 1.165) is 35.5 Å². The van der Waals surface area contributed by atoms with Crippen LogP contribution in [0, 0.1) is 0 Å². The highest BCUT2D eigenvalue weighted by molar-refractivity contribution is 7.09. The number of nitrogens with zero attached hydrogens (tertiary/aromatic N) is 8. The van der Waals surface area contributed by atoms with E-state index in [0.29, 0.717) is 12.6 Å². The summed E-state index contributed by atoms with van der Waals surface area (Å²) in [4.78, 5) is 13.3. The van der Waals surface area contributed by atoms with Crippen LogP contribution in [0.25, 0.3) is 5.65 Å². The van der Waals surface area contributed by atoms with Gasteiger partial charge in [0.1, 0.15) is 12.9 Å². The second-order valence-electron chi connectivity index (χ2n) is 5.41. The van der Waals surface area contributed by atoms with E-state index < -0.39 is 0 Å². The first-order valence-electron chi connectivity index (χ1n) is 7.20. The van der Waals surface area contributed by atoms with E-state index in [1.807, 2.05) is 17.6 Å². The van der Waals surface area contributed by atoms with Crippen LogP contribution in [0.2, 0.25) is 0 Å². The monoisotopic (exact) mass is 332 g/mol. The Morgan fingerprint density at radius 2 is 2.30 bits per heavy atom. The molecule has 4 rings (SSSR count). The average Bonchev–Trinajstić information content (AvgIpc) is 3.15. The lowest BCUT2D eigenvalue weighted by Gasteiger charge is -2.44. The maximum Gasteiger partial charge on any atom is 0.205 e. The van der Waals surface area contributed by atoms with Gasteiger partial charge in [-0.2, -0.15) is 4.37 Å². The first kappa shape index (κ1) is 14.3. The number of aromatic nitrogens is 6. The number of anilines is 2. The van der Waals surface area contributed by atoms with Gasteiger partial charge >= 0.3 is 0 Å². The molecule has 4 heterocycles. The molecule has 9 nitrogen and oxygen atoms in total. The zero-order chi connectivity index (χ0) is 15.8. The molecule has 0 bridgehead atoms. The highest BCUT2D eigenvalue weighted by atomic mass is 32.1. The Balaban J connectivity index is 1.45. The molecule has 23 heavy (non-hydrogen) atoms. The SMILES string of the molecule is COCc1nsc(N(C)C2CN(c3nccn4cnnc34)C2)n1. The van der Waals surface area contributed by atoms with E-state index in [1.54, 1.807) is 19.6 Å². The lowest BCUT2D eigenvalue weighted by molar-refractivity contribution is 0.179. The molecule has 0 amide bonds. The molecule has 0 aliphatic carbocycles. The predicted molar refractivity (Wildman–Crippen MR) is 85.8 cm³/mol. The lowest BCUT2D eigenvalue weighted by Crippen LogP contribution is -2.59. The summed E-state index contributed by atoms with van der Waals surface area (Å²) < 4.78 is 11.2. The Kier molecular flexibility index (Phi) is 3.54. The Bertz CT molecular complexity index is 811. The minimum Gasteiger partial charge on any atom is -0.377 e. The fraction of sp³-hybridized carbons (Fsp3) is 0.462. The molecule has 3 aromatic heterocycles. The fourth-order valence-corrected chi connectivity index (χ4v) is 3.28. The standard InChI is InChI=1S/C13H16N8OS/c1-19(13-16-10(7-22-2)18-23-13)9-5-21(6-9)11-12-17-15-8-20(12)4-3-14-11/h3-4,8-9H,5-7H2,1-2H3. The molecule has 1 aliphatic heterocycles. The van der Waals surface area contributed by atoms with Crippen LogP contribution in [-0.4, -0.2) is 62.2 Å². The van der Waals surface area contributed by atoms with Gasteiger partial charge in [-0.25, -0.2) is 9.97 Å². The van der Waals surface area contributed by atoms with Gasteiger partial charge in [-0.05, 0) is 0 Å². The molecule has 0 unspecified atom stereocenters. The van der Waals surface area contributed by atoms with Crippen molar-refractivity contribution >= 4 is 28.1 Å². The van der Waals surface area contributed by atoms with Crippen molar-refractivity contribution in [3.63, 3.8) is 0 Å². The second-order valence-corrected chi connectivity index (χ2v) is 6.14. The van der Waals surface area contributed by atoms with Crippen molar-refractivity contribution in [2.45, 2.75) is 12.6 Å². The third-order valence-corrected chi connectivity index (χ3v) is 4.78. The Morgan fingerprint density at radius 1 is 1.43 bits per heavy atom. The van der Waals surface area contributed by atoms with Gasteiger partial charge in [-0.15, -0.1) is 10.2 Å². The van der Waals surface area contributed by atoms with Crippen molar-refractivity contribution in [2.75, 3.05) is 37.0 Å². The van der Waals surface area contributed by atoms with Crippen molar-refractivity contribution in [1.29, 1.82) is 0 Å². The summed E-state index contributed by atoms with van der Waals surface area (Å²) in [5.74, 6) is 1.59. The summed E-state index contributed by atoms with van der Waals surface area (Å²) in [6.07, 6.45) is 5.30. The summed E-state index contributed by atoms with van der Waals surface area (Å²) in [6, 6.07) is 0.378. The van der Waals surface area contributed by atoms with Gasteiger partial charge in [0.05, 0.1) is 6.04 Å². The third-order valence-electron chi connectivity index (χ3n) is 3.94. The average molecular weight is 332 g/mol. The maximum absolute atomic E-state index is 5.06. The summed E-state index contributed by atoms with van der Waals surface area (Å²) in [7, 11) is 3.69. The molecule has 0 atom stereocenters. The smallest absolute Gasteiger partial charge is 0.205 e. The van der Waals surface area contributed by atoms with Crippen LogP contribution in [0.4, 0.5) is 10.9 Å². The van der Waals surface area contributed by atoms with E-state index in [2.05, 4.69) is 34.3 Å². The van der Waals surface area contributed by atoms with Gasteiger partial charge in [-0.1, -0.05) is 0 Å². The van der Waals surface area contributed by atoms with Crippen molar-refractivity contribution in [2.24, 2.45) is 0 Å². The predicted octanol–water partition coefficient (Wildman–Crippen LogP) is 0.447. The molecule has 1 aliphatic rings. The van der Waals surface area contributed by atoms with Crippen LogP contribution in [0.15, 0.2) is 18.7 Å². The lowest BCUT2D eigenvalue weighted by atomic mass is 10.1. The first-order chi connectivity index (χ1) is 11.3. The maximum atomic E-state index is 5.06. The molecular weight excluding hydrogens is 316 g/mol. The Labute approximate surface area is 136 Å². The van der Waals surface area contributed by atoms with Gasteiger partial charge in [-0.3, -0.25) is 4.40 Å². The van der Waals surface area contributed by atoms with E-state index in [1.165, 1.54) is 11.5 Å². The molecule has 10 heteroatoms. The third kappa shape index (κ3) is 2.49. The van der Waals surface area contributed by atoms with E-state index in [-0.39, 0.29) is 0 Å². The van der Waals surface area contributed by atoms with Gasteiger partial charge in [0.2, 0.25) is 10.8 Å². The van der Waals surface area contributed by atoms with E-state index in [4.69, 9.17) is 4.74 Å². The highest BCUT2D eigenvalue weighted by Crippen LogP contribution is 2.27. The molecule has 1 saturated heterocycles. The van der Waals surface area contributed by atoms with Gasteiger partial charge in [0.25, 0.3) is 0 Å². The van der Waals surface area contributed by atoms with Crippen LogP contribution in [0.5, 0.6) is 0 Å². The normalized spacial score (nSPS) is 15.1. The number of ether oxygens (including phenoxy) is 1. The minimum absolute atomic E-state index is 0.378. The molecule has 1 fully saturated rings. The number of fused-ring (bicyclic) bond motifs is 1. The Morgan fingerprint density at radius 3 is 3.13 bits per heavy atom. The first-order valence-corrected chi connectivity index (χ1v) is 7.97. The Hall–Kier alpha value is -2.33. The van der Waals surface area contributed by atoms with Gasteiger partial charge in [0, 0.05) is 51.2 Å². The van der Waals surface area contributed by atoms with Crippen molar-refractivity contribution in [3.05, 3.63) is 24.5 Å². The number of hydrogen-bond acceptors (Lipinski definition) is 9. The van der Waals surface area contributed by atoms with Crippen LogP contribution < -0.4 is 9.80 Å². The van der Waals surface area contributed by atoms with Crippen LogP contribution in [0.1, 0.15) is 5.82 Å². The molecule has 0 aromatic carbocycles. The summed E-state index contributed by atoms with van der Waals surface area (Å²) in [6.45, 7) is 2.18. The zero-order valence-corrected chi connectivity index (χ0v) is 13.6. The number of methoxy groups -OCH3 is 1. The quantitative estimate of drug-likeness (QED) is 0.666. The van der Waals surface area contributed by atoms with Crippen molar-refractivity contribution in [3.8, 4) is 0 Å². The minimum atomic E-state index is 0.378. The second kappa shape index (κ2) is 5.70. The number of hydrogen-bond donors (Lipinski definition) is 0. The van der Waals surface area contributed by atoms with Crippen LogP contribution in [0.3, 0.4) is 0 Å². The largest absolute Gasteiger partial charge is 0.377 e. The highest BCUT2D eigenvalue weighted by Gasteiger charge is 2.33. The summed E-state index contributed by atoms with van der Waals surface area (Å²) in [5.41, 5.74) is 0.784. The molecule has 120 valence electrons. The van der Waals surface area contributed by atoms with Gasteiger partial charge < -0.3 is 14.5 Å². The molecular formula is C13H16N8OS. The molecule has 0 saturated carbocycles. The molecule has 0 N–H and O–H groups in total. The summed E-state index contributed by atoms with van der Waals surface area (Å²) in [5, 5.41) is 8.98. The molecule has 0 radical (unpaired) electrons. The van der Waals surface area contributed by atoms with Crippen molar-refractivity contribution in [1.82, 2.24) is 28.9 Å². The molecule has 0 spiro atoms. The number of likely N-dealkylation sites (N-methyl/N-ethyl adjacent to an activating group) is 1. The van der Waals surface area contributed by atoms with E-state index >= 15 is 0 Å². The summed E-state index contributed by atoms with van der Waals surface area (Å²) >= 11 is 1.40. The van der Waals surface area contributed by atoms with Crippen molar-refractivity contribution < 1.29 is 4.74 Å². The van der Waals surface area contributed by atoms with Gasteiger partial charge in [0.15, 0.2) is 11.6 Å². The molecule has 3 aromatic rings. The van der Waals surface area contributed by atoms with E-state index in [9.17, 15) is 0 Å². The van der Waals surface area contributed by atoms with Crippen LogP contribution >= 0.6 is 11.5 Å². The zero-order valence-electron chi connectivity index (χ0n) is 12.8. The van der Waals surface area contributed by atoms with Crippen LogP contribution in [-0.2, 0) is 11.3 Å².